The maximum Gasteiger partial charge on any atom is 0.241 e. The van der Waals surface area contributed by atoms with E-state index in [4.69, 9.17) is 5.73 Å². The maximum absolute atomic E-state index is 11.7. The van der Waals surface area contributed by atoms with Gasteiger partial charge in [-0.3, -0.25) is 4.79 Å². The Labute approximate surface area is 102 Å². The lowest BCUT2D eigenvalue weighted by atomic mass is 10.1. The van der Waals surface area contributed by atoms with E-state index < -0.39 is 6.04 Å². The standard InChI is InChI=1S/C13H20N2O2/c1-2-11(16)8-9-15-13(17)12(14)10-6-4-3-5-7-10/h3-7,11-12,16H,2,8-9,14H2,1H3,(H,15,17)/t11?,12-/m0/s1. The molecule has 0 aliphatic heterocycles. The van der Waals surface area contributed by atoms with Crippen molar-refractivity contribution < 1.29 is 9.90 Å². The monoisotopic (exact) mass is 236 g/mol. The first kappa shape index (κ1) is 13.7. The Bertz CT molecular complexity index is 341. The van der Waals surface area contributed by atoms with Crippen LogP contribution in [0.1, 0.15) is 31.4 Å². The minimum Gasteiger partial charge on any atom is -0.393 e. The number of carbonyl (C=O) groups excluding carboxylic acids is 1. The molecule has 1 aromatic rings. The highest BCUT2D eigenvalue weighted by Gasteiger charge is 2.14. The Hall–Kier alpha value is -1.39. The van der Waals surface area contributed by atoms with Gasteiger partial charge >= 0.3 is 0 Å². The number of amides is 1. The van der Waals surface area contributed by atoms with Crippen LogP contribution in [0.3, 0.4) is 0 Å². The molecule has 17 heavy (non-hydrogen) atoms. The Morgan fingerprint density at radius 2 is 2.06 bits per heavy atom. The van der Waals surface area contributed by atoms with E-state index in [1.807, 2.05) is 37.3 Å². The third-order valence-electron chi connectivity index (χ3n) is 2.69. The molecular formula is C13H20N2O2. The van der Waals surface area contributed by atoms with E-state index in [2.05, 4.69) is 5.32 Å². The zero-order valence-electron chi connectivity index (χ0n) is 10.1. The van der Waals surface area contributed by atoms with Crippen LogP contribution in [0.2, 0.25) is 0 Å². The Morgan fingerprint density at radius 1 is 1.41 bits per heavy atom. The number of hydrogen-bond donors (Lipinski definition) is 3. The van der Waals surface area contributed by atoms with Gasteiger partial charge in [-0.05, 0) is 18.4 Å². The van der Waals surface area contributed by atoms with Crippen molar-refractivity contribution in [1.29, 1.82) is 0 Å². The number of hydrogen-bond acceptors (Lipinski definition) is 3. The number of aliphatic hydroxyl groups excluding tert-OH is 1. The summed E-state index contributed by atoms with van der Waals surface area (Å²) in [5.41, 5.74) is 6.61. The average Bonchev–Trinajstić information content (AvgIpc) is 2.38. The number of nitrogens with two attached hydrogens (primary N) is 1. The van der Waals surface area contributed by atoms with Gasteiger partial charge < -0.3 is 16.2 Å². The molecule has 4 N–H and O–H groups in total. The van der Waals surface area contributed by atoms with Gasteiger partial charge in [-0.25, -0.2) is 0 Å². The second-order valence-corrected chi connectivity index (χ2v) is 4.03. The molecule has 0 fully saturated rings. The topological polar surface area (TPSA) is 75.3 Å². The number of carbonyl (C=O) groups is 1. The van der Waals surface area contributed by atoms with Crippen molar-refractivity contribution in [2.24, 2.45) is 5.73 Å². The summed E-state index contributed by atoms with van der Waals surface area (Å²) in [5, 5.41) is 12.1. The normalized spacial score (nSPS) is 14.1. The SMILES string of the molecule is CCC(O)CCNC(=O)[C@@H](N)c1ccccc1. The van der Waals surface area contributed by atoms with Crippen molar-refractivity contribution in [1.82, 2.24) is 5.32 Å². The third-order valence-corrected chi connectivity index (χ3v) is 2.69. The van der Waals surface area contributed by atoms with Gasteiger partial charge in [0.05, 0.1) is 6.10 Å². The number of rotatable bonds is 6. The molecule has 0 saturated carbocycles. The van der Waals surface area contributed by atoms with Crippen LogP contribution in [-0.2, 0) is 4.79 Å². The lowest BCUT2D eigenvalue weighted by Crippen LogP contribution is -2.35. The van der Waals surface area contributed by atoms with E-state index >= 15 is 0 Å². The van der Waals surface area contributed by atoms with Crippen molar-refractivity contribution in [2.45, 2.75) is 31.9 Å². The predicted octanol–water partition coefficient (Wildman–Crippen LogP) is 0.964. The molecule has 4 nitrogen and oxygen atoms in total. The molecule has 1 aromatic carbocycles. The quantitative estimate of drug-likeness (QED) is 0.688. The van der Waals surface area contributed by atoms with Gasteiger partial charge in [-0.1, -0.05) is 37.3 Å². The largest absolute Gasteiger partial charge is 0.393 e. The minimum atomic E-state index is -0.644. The first-order chi connectivity index (χ1) is 8.15. The molecule has 0 spiro atoms. The summed E-state index contributed by atoms with van der Waals surface area (Å²) in [5.74, 6) is -0.209. The Morgan fingerprint density at radius 3 is 2.65 bits per heavy atom. The summed E-state index contributed by atoms with van der Waals surface area (Å²) in [6.45, 7) is 2.36. The van der Waals surface area contributed by atoms with Crippen LogP contribution in [-0.4, -0.2) is 23.7 Å². The highest BCUT2D eigenvalue weighted by atomic mass is 16.3. The fourth-order valence-corrected chi connectivity index (χ4v) is 1.49. The van der Waals surface area contributed by atoms with E-state index in [1.54, 1.807) is 0 Å². The lowest BCUT2D eigenvalue weighted by molar-refractivity contribution is -0.122. The second kappa shape index (κ2) is 7.04. The van der Waals surface area contributed by atoms with Gasteiger partial charge in [-0.15, -0.1) is 0 Å². The second-order valence-electron chi connectivity index (χ2n) is 4.03. The fraction of sp³-hybridized carbons (Fsp3) is 0.462. The van der Waals surface area contributed by atoms with Gasteiger partial charge in [0.1, 0.15) is 6.04 Å². The lowest BCUT2D eigenvalue weighted by Gasteiger charge is -2.13. The van der Waals surface area contributed by atoms with Gasteiger partial charge in [0.2, 0.25) is 5.91 Å². The van der Waals surface area contributed by atoms with E-state index in [-0.39, 0.29) is 12.0 Å². The molecule has 0 aliphatic carbocycles. The first-order valence-corrected chi connectivity index (χ1v) is 5.91. The first-order valence-electron chi connectivity index (χ1n) is 5.91. The molecule has 0 heterocycles. The zero-order chi connectivity index (χ0) is 12.7. The summed E-state index contributed by atoms with van der Waals surface area (Å²) in [6.07, 6.45) is 0.896. The summed E-state index contributed by atoms with van der Waals surface area (Å²) >= 11 is 0. The van der Waals surface area contributed by atoms with Crippen LogP contribution in [0, 0.1) is 0 Å². The van der Waals surface area contributed by atoms with Crippen LogP contribution in [0.25, 0.3) is 0 Å². The van der Waals surface area contributed by atoms with Crippen LogP contribution >= 0.6 is 0 Å². The van der Waals surface area contributed by atoms with E-state index in [1.165, 1.54) is 0 Å². The Balaban J connectivity index is 2.38. The van der Waals surface area contributed by atoms with E-state index in [9.17, 15) is 9.90 Å². The predicted molar refractivity (Wildman–Crippen MR) is 67.3 cm³/mol. The van der Waals surface area contributed by atoms with Gasteiger partial charge in [0.25, 0.3) is 0 Å². The zero-order valence-corrected chi connectivity index (χ0v) is 10.1. The van der Waals surface area contributed by atoms with Crippen molar-refractivity contribution in [2.75, 3.05) is 6.54 Å². The molecule has 94 valence electrons. The molecule has 1 unspecified atom stereocenters. The number of nitrogens with one attached hydrogen (secondary N) is 1. The molecule has 1 amide bonds. The summed E-state index contributed by atoms with van der Waals surface area (Å²) < 4.78 is 0. The smallest absolute Gasteiger partial charge is 0.241 e. The van der Waals surface area contributed by atoms with Crippen LogP contribution in [0.4, 0.5) is 0 Å². The van der Waals surface area contributed by atoms with E-state index in [0.29, 0.717) is 19.4 Å². The molecule has 0 bridgehead atoms. The molecule has 0 aliphatic rings. The third kappa shape index (κ3) is 4.54. The van der Waals surface area contributed by atoms with Crippen LogP contribution in [0.15, 0.2) is 30.3 Å². The minimum absolute atomic E-state index is 0.209. The summed E-state index contributed by atoms with van der Waals surface area (Å²) in [4.78, 5) is 11.7. The van der Waals surface area contributed by atoms with Gasteiger partial charge in [0.15, 0.2) is 0 Å². The molecule has 2 atom stereocenters. The molecule has 1 rings (SSSR count). The maximum atomic E-state index is 11.7. The van der Waals surface area contributed by atoms with Gasteiger partial charge in [-0.2, -0.15) is 0 Å². The number of benzene rings is 1. The highest BCUT2D eigenvalue weighted by molar-refractivity contribution is 5.82. The Kier molecular flexibility index (Phi) is 5.66. The fourth-order valence-electron chi connectivity index (χ4n) is 1.49. The highest BCUT2D eigenvalue weighted by Crippen LogP contribution is 2.09. The van der Waals surface area contributed by atoms with Crippen molar-refractivity contribution >= 4 is 5.91 Å². The van der Waals surface area contributed by atoms with Crippen LogP contribution in [0.5, 0.6) is 0 Å². The summed E-state index contributed by atoms with van der Waals surface area (Å²) in [6, 6.07) is 8.59. The molecule has 0 saturated heterocycles. The van der Waals surface area contributed by atoms with Crippen LogP contribution < -0.4 is 11.1 Å². The molecule has 4 heteroatoms. The summed E-state index contributed by atoms with van der Waals surface area (Å²) in [7, 11) is 0. The van der Waals surface area contributed by atoms with Crippen molar-refractivity contribution in [3.8, 4) is 0 Å². The van der Waals surface area contributed by atoms with Crippen molar-refractivity contribution in [3.63, 3.8) is 0 Å². The average molecular weight is 236 g/mol. The van der Waals surface area contributed by atoms with Gasteiger partial charge in [0, 0.05) is 6.54 Å². The van der Waals surface area contributed by atoms with E-state index in [0.717, 1.165) is 5.56 Å². The van der Waals surface area contributed by atoms with Crippen molar-refractivity contribution in [3.05, 3.63) is 35.9 Å². The molecule has 0 radical (unpaired) electrons. The molecular weight excluding hydrogens is 216 g/mol. The number of aliphatic hydroxyl groups is 1. The molecule has 0 aromatic heterocycles.